The third kappa shape index (κ3) is 5.58. The van der Waals surface area contributed by atoms with E-state index in [-0.39, 0.29) is 11.3 Å². The van der Waals surface area contributed by atoms with E-state index in [1.807, 2.05) is 48.5 Å². The van der Waals surface area contributed by atoms with Crippen LogP contribution in [0.15, 0.2) is 109 Å². The molecule has 0 saturated heterocycles. The Hall–Kier alpha value is -3.76. The number of carboxylic acids is 1. The number of nitrogens with one attached hydrogen (secondary N) is 1. The second-order valence-corrected chi connectivity index (χ2v) is 12.1. The summed E-state index contributed by atoms with van der Waals surface area (Å²) in [6, 6.07) is 36.9. The van der Waals surface area contributed by atoms with Crippen molar-refractivity contribution < 1.29 is 14.6 Å². The van der Waals surface area contributed by atoms with Crippen LogP contribution in [0.25, 0.3) is 0 Å². The number of aliphatic carboxylic acids is 1. The van der Waals surface area contributed by atoms with Gasteiger partial charge in [-0.3, -0.25) is 0 Å². The van der Waals surface area contributed by atoms with E-state index < -0.39 is 11.5 Å². The van der Waals surface area contributed by atoms with Crippen molar-refractivity contribution in [1.29, 1.82) is 0 Å². The summed E-state index contributed by atoms with van der Waals surface area (Å²) in [4.78, 5) is 12.8. The number of rotatable bonds is 9. The molecule has 0 aliphatic heterocycles. The monoisotopic (exact) mass is 565 g/mol. The first-order valence-electron chi connectivity index (χ1n) is 14.6. The number of benzene rings is 4. The molecule has 5 heteroatoms. The van der Waals surface area contributed by atoms with Gasteiger partial charge in [-0.2, -0.15) is 0 Å². The minimum atomic E-state index is -1.02. The van der Waals surface area contributed by atoms with E-state index in [4.69, 9.17) is 16.3 Å². The normalized spacial score (nSPS) is 24.0. The predicted molar refractivity (Wildman–Crippen MR) is 165 cm³/mol. The van der Waals surface area contributed by atoms with Crippen molar-refractivity contribution in [2.24, 2.45) is 5.92 Å². The van der Waals surface area contributed by atoms with Gasteiger partial charge in [-0.15, -0.1) is 0 Å². The van der Waals surface area contributed by atoms with Crippen LogP contribution in [-0.2, 0) is 16.6 Å². The highest BCUT2D eigenvalue weighted by Crippen LogP contribution is 2.56. The van der Waals surface area contributed by atoms with Crippen LogP contribution in [0.2, 0.25) is 5.02 Å². The molecule has 4 aromatic carbocycles. The van der Waals surface area contributed by atoms with Crippen molar-refractivity contribution >= 4 is 23.3 Å². The maximum Gasteiger partial charge on any atom is 0.329 e. The zero-order valence-corrected chi connectivity index (χ0v) is 23.9. The lowest BCUT2D eigenvalue weighted by Crippen LogP contribution is -2.53. The van der Waals surface area contributed by atoms with Gasteiger partial charge < -0.3 is 15.2 Å². The lowest BCUT2D eigenvalue weighted by molar-refractivity contribution is -0.144. The number of fused-ring (bicyclic) bond motifs is 2. The number of hydrogen-bond donors (Lipinski definition) is 2. The molecule has 4 aromatic rings. The van der Waals surface area contributed by atoms with Crippen LogP contribution in [0.1, 0.15) is 54.7 Å². The molecule has 41 heavy (non-hydrogen) atoms. The molecule has 1 saturated carbocycles. The van der Waals surface area contributed by atoms with Gasteiger partial charge in [0.2, 0.25) is 0 Å². The van der Waals surface area contributed by atoms with Gasteiger partial charge in [-0.05, 0) is 96.9 Å². The molecule has 4 nitrogen and oxygen atoms in total. The Bertz CT molecular complexity index is 1480. The average Bonchev–Trinajstić information content (AvgIpc) is 3.30. The van der Waals surface area contributed by atoms with Crippen LogP contribution in [0, 0.1) is 5.92 Å². The Balaban J connectivity index is 1.28. The molecule has 0 bridgehead atoms. The number of halogens is 1. The number of carboxylic acid groups (broad SMARTS) is 1. The third-order valence-corrected chi connectivity index (χ3v) is 9.68. The van der Waals surface area contributed by atoms with Gasteiger partial charge in [0.05, 0.1) is 6.61 Å². The second kappa shape index (κ2) is 11.6. The van der Waals surface area contributed by atoms with Crippen LogP contribution in [0.3, 0.4) is 0 Å². The van der Waals surface area contributed by atoms with E-state index in [1.54, 1.807) is 6.07 Å². The van der Waals surface area contributed by atoms with Crippen LogP contribution < -0.4 is 10.1 Å². The minimum absolute atomic E-state index is 0.0642. The molecule has 0 amide bonds. The summed E-state index contributed by atoms with van der Waals surface area (Å²) in [5.74, 6) is 0.702. The Labute approximate surface area is 247 Å². The number of para-hydroxylation sites is 1. The molecule has 210 valence electrons. The minimum Gasteiger partial charge on any atom is -0.493 e. The molecule has 0 aromatic heterocycles. The molecule has 6 rings (SSSR count). The molecular weight excluding hydrogens is 530 g/mol. The maximum absolute atomic E-state index is 12.8. The first-order chi connectivity index (χ1) is 20.0. The molecule has 2 atom stereocenters. The number of anilines is 1. The van der Waals surface area contributed by atoms with Crippen molar-refractivity contribution in [2.45, 2.75) is 55.4 Å². The molecule has 1 fully saturated rings. The van der Waals surface area contributed by atoms with Gasteiger partial charge in [-0.25, -0.2) is 4.79 Å². The van der Waals surface area contributed by atoms with Crippen LogP contribution in [-0.4, -0.2) is 23.2 Å². The third-order valence-electron chi connectivity index (χ3n) is 9.45. The molecule has 0 heterocycles. The standard InChI is InChI=1S/C36H36ClNO3/c37-30-13-9-14-31(24-30)38-36(34(39)40)20-18-35(19-21-36)29(22-27-12-7-8-17-33(27)35)23-28(26-10-3-1-4-11-26)25-41-32-15-5-2-6-16-32/h1-17,24,28-29,38H,18-23,25H2,(H,39,40)/t28-,29?,35?,36?/m0/s1. The zero-order chi connectivity index (χ0) is 28.3. The Morgan fingerprint density at radius 1 is 0.878 bits per heavy atom. The lowest BCUT2D eigenvalue weighted by atomic mass is 9.59. The SMILES string of the molecule is O=C(O)C1(Nc2cccc(Cl)c2)CCC2(CC1)c1ccccc1CC2C[C@@H](COc1ccccc1)c1ccccc1. The number of carbonyl (C=O) groups is 1. The fourth-order valence-electron chi connectivity index (χ4n) is 7.29. The van der Waals surface area contributed by atoms with E-state index >= 15 is 0 Å². The van der Waals surface area contributed by atoms with Crippen molar-refractivity contribution in [3.8, 4) is 5.75 Å². The highest BCUT2D eigenvalue weighted by molar-refractivity contribution is 6.30. The van der Waals surface area contributed by atoms with Crippen LogP contribution >= 0.6 is 11.6 Å². The molecule has 0 radical (unpaired) electrons. The van der Waals surface area contributed by atoms with E-state index in [1.165, 1.54) is 16.7 Å². The predicted octanol–water partition coefficient (Wildman–Crippen LogP) is 8.51. The fourth-order valence-corrected chi connectivity index (χ4v) is 7.48. The molecule has 2 N–H and O–H groups in total. The topological polar surface area (TPSA) is 58.6 Å². The summed E-state index contributed by atoms with van der Waals surface area (Å²) < 4.78 is 6.33. The first kappa shape index (κ1) is 27.4. The molecule has 2 aliphatic rings. The first-order valence-corrected chi connectivity index (χ1v) is 14.9. The summed E-state index contributed by atoms with van der Waals surface area (Å²) in [7, 11) is 0. The largest absolute Gasteiger partial charge is 0.493 e. The summed E-state index contributed by atoms with van der Waals surface area (Å²) >= 11 is 6.23. The van der Waals surface area contributed by atoms with E-state index in [0.29, 0.717) is 30.4 Å². The molecule has 1 unspecified atom stereocenters. The van der Waals surface area contributed by atoms with Gasteiger partial charge in [0, 0.05) is 16.6 Å². The zero-order valence-electron chi connectivity index (χ0n) is 23.1. The van der Waals surface area contributed by atoms with Gasteiger partial charge in [0.1, 0.15) is 11.3 Å². The molecule has 2 aliphatic carbocycles. The maximum atomic E-state index is 12.8. The summed E-state index contributed by atoms with van der Waals surface area (Å²) in [5.41, 5.74) is 3.76. The van der Waals surface area contributed by atoms with Crippen molar-refractivity contribution in [1.82, 2.24) is 0 Å². The van der Waals surface area contributed by atoms with Gasteiger partial charge in [-0.1, -0.05) is 90.5 Å². The summed E-state index contributed by atoms with van der Waals surface area (Å²) in [6.07, 6.45) is 4.72. The Morgan fingerprint density at radius 3 is 2.27 bits per heavy atom. The number of hydrogen-bond acceptors (Lipinski definition) is 3. The van der Waals surface area contributed by atoms with Crippen molar-refractivity contribution in [2.75, 3.05) is 11.9 Å². The summed E-state index contributed by atoms with van der Waals surface area (Å²) in [6.45, 7) is 0.604. The number of ether oxygens (including phenoxy) is 1. The second-order valence-electron chi connectivity index (χ2n) is 11.7. The van der Waals surface area contributed by atoms with Gasteiger partial charge in [0.15, 0.2) is 0 Å². The van der Waals surface area contributed by atoms with Crippen LogP contribution in [0.4, 0.5) is 5.69 Å². The van der Waals surface area contributed by atoms with Gasteiger partial charge in [0.25, 0.3) is 0 Å². The van der Waals surface area contributed by atoms with Crippen LogP contribution in [0.5, 0.6) is 5.75 Å². The van der Waals surface area contributed by atoms with E-state index in [0.717, 1.165) is 37.1 Å². The summed E-state index contributed by atoms with van der Waals surface area (Å²) in [5, 5.41) is 14.4. The fraction of sp³-hybridized carbons (Fsp3) is 0.306. The average molecular weight is 566 g/mol. The van der Waals surface area contributed by atoms with E-state index in [2.05, 4.69) is 59.9 Å². The molecule has 1 spiro atoms. The highest BCUT2D eigenvalue weighted by Gasteiger charge is 2.54. The molecular formula is C36H36ClNO3. The Kier molecular flexibility index (Phi) is 7.77. The quantitative estimate of drug-likeness (QED) is 0.213. The smallest absolute Gasteiger partial charge is 0.329 e. The Morgan fingerprint density at radius 2 is 1.56 bits per heavy atom. The van der Waals surface area contributed by atoms with Crippen molar-refractivity contribution in [3.63, 3.8) is 0 Å². The van der Waals surface area contributed by atoms with Gasteiger partial charge >= 0.3 is 5.97 Å². The highest BCUT2D eigenvalue weighted by atomic mass is 35.5. The lowest BCUT2D eigenvalue weighted by Gasteiger charge is -2.47. The van der Waals surface area contributed by atoms with E-state index in [9.17, 15) is 9.90 Å². The van der Waals surface area contributed by atoms with Crippen molar-refractivity contribution in [3.05, 3.63) is 131 Å².